The smallest absolute Gasteiger partial charge is 0.360 e. The number of hydrogen-bond donors (Lipinski definition) is 1. The van der Waals surface area contributed by atoms with Crippen LogP contribution in [0.5, 0.6) is 0 Å². The Kier molecular flexibility index (Phi) is 3.51. The zero-order valence-corrected chi connectivity index (χ0v) is 7.63. The van der Waals surface area contributed by atoms with E-state index < -0.39 is 18.1 Å². The second-order valence-electron chi connectivity index (χ2n) is 2.94. The van der Waals surface area contributed by atoms with Crippen molar-refractivity contribution in [2.75, 3.05) is 19.6 Å². The molecule has 1 fully saturated rings. The minimum absolute atomic E-state index is 0.0978. The highest BCUT2D eigenvalue weighted by molar-refractivity contribution is 5.79. The molecule has 8 heteroatoms. The van der Waals surface area contributed by atoms with Crippen molar-refractivity contribution in [1.29, 1.82) is 0 Å². The van der Waals surface area contributed by atoms with E-state index in [4.69, 9.17) is 0 Å². The molecule has 0 unspecified atom stereocenters. The third-order valence-electron chi connectivity index (χ3n) is 1.67. The number of nitrogens with zero attached hydrogens (tertiary/aromatic N) is 1. The maximum absolute atomic E-state index is 11.8. The van der Waals surface area contributed by atoms with Gasteiger partial charge in [-0.25, -0.2) is 4.79 Å². The Morgan fingerprint density at radius 3 is 2.73 bits per heavy atom. The summed E-state index contributed by atoms with van der Waals surface area (Å²) >= 11 is 0. The minimum Gasteiger partial charge on any atom is -0.360 e. The van der Waals surface area contributed by atoms with E-state index in [0.717, 1.165) is 0 Å². The zero-order valence-electron chi connectivity index (χ0n) is 7.63. The van der Waals surface area contributed by atoms with Gasteiger partial charge in [0.2, 0.25) is 5.91 Å². The highest BCUT2D eigenvalue weighted by Gasteiger charge is 2.42. The van der Waals surface area contributed by atoms with Crippen LogP contribution in [0.3, 0.4) is 0 Å². The number of hydroxylamine groups is 2. The molecule has 0 aromatic carbocycles. The summed E-state index contributed by atoms with van der Waals surface area (Å²) in [5.41, 5.74) is 0. The molecule has 5 nitrogen and oxygen atoms in total. The second-order valence-corrected chi connectivity index (χ2v) is 2.94. The van der Waals surface area contributed by atoms with Crippen LogP contribution in [0.2, 0.25) is 0 Å². The minimum atomic E-state index is -5.04. The molecule has 0 spiro atoms. The van der Waals surface area contributed by atoms with Crippen molar-refractivity contribution in [3.05, 3.63) is 0 Å². The summed E-state index contributed by atoms with van der Waals surface area (Å²) in [6.07, 6.45) is -4.61. The van der Waals surface area contributed by atoms with Crippen LogP contribution in [0.25, 0.3) is 0 Å². The van der Waals surface area contributed by atoms with Gasteiger partial charge in [-0.05, 0) is 6.42 Å². The Morgan fingerprint density at radius 2 is 2.13 bits per heavy atom. The van der Waals surface area contributed by atoms with Crippen molar-refractivity contribution in [2.45, 2.75) is 12.6 Å². The number of hydrogen-bond acceptors (Lipinski definition) is 4. The van der Waals surface area contributed by atoms with E-state index in [-0.39, 0.29) is 13.1 Å². The molecule has 0 atom stereocenters. The largest absolute Gasteiger partial charge is 0.492 e. The maximum atomic E-state index is 11.8. The fourth-order valence-corrected chi connectivity index (χ4v) is 1.03. The van der Waals surface area contributed by atoms with Crippen molar-refractivity contribution in [3.63, 3.8) is 0 Å². The summed E-state index contributed by atoms with van der Waals surface area (Å²) in [5.74, 6) is -2.78. The molecule has 0 aliphatic carbocycles. The van der Waals surface area contributed by atoms with E-state index in [2.05, 4.69) is 10.2 Å². The summed E-state index contributed by atoms with van der Waals surface area (Å²) in [6.45, 7) is 0.0846. The number of carbonyl (C=O) groups excluding carboxylic acids is 2. The molecule has 1 rings (SSSR count). The van der Waals surface area contributed by atoms with Crippen LogP contribution < -0.4 is 5.32 Å². The van der Waals surface area contributed by atoms with E-state index in [1.165, 1.54) is 0 Å². The van der Waals surface area contributed by atoms with Crippen molar-refractivity contribution >= 4 is 11.9 Å². The summed E-state index contributed by atoms with van der Waals surface area (Å²) in [7, 11) is 0. The Labute approximate surface area is 83.1 Å². The first-order valence-electron chi connectivity index (χ1n) is 4.20. The van der Waals surface area contributed by atoms with E-state index in [0.29, 0.717) is 18.0 Å². The maximum Gasteiger partial charge on any atom is 0.492 e. The lowest BCUT2D eigenvalue weighted by Crippen LogP contribution is -2.38. The van der Waals surface area contributed by atoms with Gasteiger partial charge >= 0.3 is 12.1 Å². The fraction of sp³-hybridized carbons (Fsp3) is 0.714. The third kappa shape index (κ3) is 3.74. The molecule has 1 amide bonds. The average molecular weight is 226 g/mol. The quantitative estimate of drug-likeness (QED) is 0.674. The Bertz CT molecular complexity index is 267. The molecular formula is C7H9F3N2O3. The topological polar surface area (TPSA) is 58.6 Å². The first kappa shape index (κ1) is 11.8. The monoisotopic (exact) mass is 226 g/mol. The summed E-state index contributed by atoms with van der Waals surface area (Å²) in [4.78, 5) is 25.3. The zero-order chi connectivity index (χ0) is 11.5. The number of amides is 1. The summed E-state index contributed by atoms with van der Waals surface area (Å²) in [6, 6.07) is 0. The molecule has 1 aliphatic heterocycles. The average Bonchev–Trinajstić information content (AvgIpc) is 2.28. The first-order valence-corrected chi connectivity index (χ1v) is 4.20. The van der Waals surface area contributed by atoms with Gasteiger partial charge in [0, 0.05) is 13.1 Å². The van der Waals surface area contributed by atoms with Crippen LogP contribution in [-0.4, -0.2) is 42.8 Å². The summed E-state index contributed by atoms with van der Waals surface area (Å²) in [5, 5.41) is 3.14. The van der Waals surface area contributed by atoms with Crippen LogP contribution in [0.4, 0.5) is 13.2 Å². The Hall–Kier alpha value is -1.31. The third-order valence-corrected chi connectivity index (χ3v) is 1.67. The molecule has 0 aromatic rings. The number of nitrogens with one attached hydrogen (secondary N) is 1. The Balaban J connectivity index is 2.50. The van der Waals surface area contributed by atoms with Gasteiger partial charge in [-0.3, -0.25) is 4.79 Å². The second kappa shape index (κ2) is 4.47. The molecule has 0 radical (unpaired) electrons. The van der Waals surface area contributed by atoms with Crippen LogP contribution in [0.1, 0.15) is 6.42 Å². The number of alkyl halides is 3. The number of halogens is 3. The van der Waals surface area contributed by atoms with Gasteiger partial charge in [0.05, 0.1) is 0 Å². The van der Waals surface area contributed by atoms with Crippen molar-refractivity contribution in [1.82, 2.24) is 10.4 Å². The van der Waals surface area contributed by atoms with E-state index >= 15 is 0 Å². The van der Waals surface area contributed by atoms with Crippen LogP contribution in [0.15, 0.2) is 0 Å². The van der Waals surface area contributed by atoms with Crippen LogP contribution in [0, 0.1) is 0 Å². The van der Waals surface area contributed by atoms with Gasteiger partial charge < -0.3 is 10.2 Å². The standard InChI is InChI=1S/C7H9F3N2O3/c8-7(9,10)6(14)15-12-3-1-2-11-5(13)4-12/h1-4H2,(H,11,13). The highest BCUT2D eigenvalue weighted by atomic mass is 19.4. The molecule has 0 aromatic heterocycles. The number of rotatable bonds is 1. The SMILES string of the molecule is O=C1CN(OC(=O)C(F)(F)F)CCCN1. The van der Waals surface area contributed by atoms with Crippen LogP contribution >= 0.6 is 0 Å². The van der Waals surface area contributed by atoms with Crippen molar-refractivity contribution in [2.24, 2.45) is 0 Å². The van der Waals surface area contributed by atoms with Crippen LogP contribution in [-0.2, 0) is 14.4 Å². The van der Waals surface area contributed by atoms with Gasteiger partial charge in [0.15, 0.2) is 0 Å². The lowest BCUT2D eigenvalue weighted by Gasteiger charge is -2.18. The predicted octanol–water partition coefficient (Wildman–Crippen LogP) is -0.171. The van der Waals surface area contributed by atoms with Gasteiger partial charge in [-0.15, -0.1) is 5.06 Å². The molecule has 1 heterocycles. The van der Waals surface area contributed by atoms with Gasteiger partial charge in [-0.2, -0.15) is 13.2 Å². The molecule has 15 heavy (non-hydrogen) atoms. The van der Waals surface area contributed by atoms with E-state index in [1.54, 1.807) is 0 Å². The molecule has 1 aliphatic rings. The van der Waals surface area contributed by atoms with Gasteiger partial charge in [0.1, 0.15) is 6.54 Å². The number of carbonyl (C=O) groups is 2. The van der Waals surface area contributed by atoms with E-state index in [1.807, 2.05) is 0 Å². The van der Waals surface area contributed by atoms with Crippen molar-refractivity contribution in [3.8, 4) is 0 Å². The normalized spacial score (nSPS) is 19.3. The first-order chi connectivity index (χ1) is 6.89. The molecule has 1 N–H and O–H groups in total. The molecule has 86 valence electrons. The fourth-order valence-electron chi connectivity index (χ4n) is 1.03. The lowest BCUT2D eigenvalue weighted by atomic mass is 10.4. The predicted molar refractivity (Wildman–Crippen MR) is 41.3 cm³/mol. The Morgan fingerprint density at radius 1 is 1.47 bits per heavy atom. The molecule has 0 saturated carbocycles. The van der Waals surface area contributed by atoms with Crippen molar-refractivity contribution < 1.29 is 27.6 Å². The lowest BCUT2D eigenvalue weighted by molar-refractivity contribution is -0.237. The van der Waals surface area contributed by atoms with Gasteiger partial charge in [0.25, 0.3) is 0 Å². The van der Waals surface area contributed by atoms with Gasteiger partial charge in [-0.1, -0.05) is 0 Å². The molecular weight excluding hydrogens is 217 g/mol. The summed E-state index contributed by atoms with van der Waals surface area (Å²) < 4.78 is 35.4. The van der Waals surface area contributed by atoms with E-state index in [9.17, 15) is 22.8 Å². The highest BCUT2D eigenvalue weighted by Crippen LogP contribution is 2.17. The molecule has 0 bridgehead atoms. The molecule has 1 saturated heterocycles.